The van der Waals surface area contributed by atoms with Crippen LogP contribution in [0.2, 0.25) is 0 Å². The molecule has 0 aromatic rings. The van der Waals surface area contributed by atoms with Gasteiger partial charge in [-0.25, -0.2) is 0 Å². The van der Waals surface area contributed by atoms with Crippen molar-refractivity contribution < 1.29 is 4.74 Å². The fourth-order valence-electron chi connectivity index (χ4n) is 2.31. The second kappa shape index (κ2) is 3.11. The van der Waals surface area contributed by atoms with E-state index in [2.05, 4.69) is 11.8 Å². The number of piperidine rings is 3. The zero-order chi connectivity index (χ0) is 7.68. The maximum absolute atomic E-state index is 5.68. The van der Waals surface area contributed by atoms with E-state index >= 15 is 0 Å². The van der Waals surface area contributed by atoms with Gasteiger partial charge < -0.3 is 9.64 Å². The summed E-state index contributed by atoms with van der Waals surface area (Å²) in [5.74, 6) is 0.875. The molecule has 2 heteroatoms. The molecule has 1 atom stereocenters. The standard InChI is InChI=1S/C9H17NO/c1-2-11-9-7-10-5-3-8(9)4-6-10/h8-9H,2-7H2,1H3/t9-/m1/s1. The molecule has 0 amide bonds. The second-order valence-corrected chi connectivity index (χ2v) is 3.63. The van der Waals surface area contributed by atoms with Crippen LogP contribution in [0.5, 0.6) is 0 Å². The Labute approximate surface area is 68.5 Å². The lowest BCUT2D eigenvalue weighted by atomic mass is 9.86. The van der Waals surface area contributed by atoms with Gasteiger partial charge in [0.15, 0.2) is 0 Å². The fraction of sp³-hybridized carbons (Fsp3) is 1.00. The summed E-state index contributed by atoms with van der Waals surface area (Å²) in [6.07, 6.45) is 3.29. The average molecular weight is 155 g/mol. The molecule has 0 aromatic heterocycles. The van der Waals surface area contributed by atoms with Crippen LogP contribution in [-0.2, 0) is 4.74 Å². The van der Waals surface area contributed by atoms with E-state index in [1.54, 1.807) is 0 Å². The first-order valence-electron chi connectivity index (χ1n) is 4.74. The first-order valence-corrected chi connectivity index (χ1v) is 4.74. The van der Waals surface area contributed by atoms with Gasteiger partial charge in [-0.2, -0.15) is 0 Å². The van der Waals surface area contributed by atoms with Crippen LogP contribution in [0.15, 0.2) is 0 Å². The molecule has 3 aliphatic heterocycles. The van der Waals surface area contributed by atoms with E-state index in [1.807, 2.05) is 0 Å². The van der Waals surface area contributed by atoms with Gasteiger partial charge in [0.05, 0.1) is 6.10 Å². The Morgan fingerprint density at radius 1 is 1.36 bits per heavy atom. The summed E-state index contributed by atoms with van der Waals surface area (Å²) < 4.78 is 5.68. The predicted molar refractivity (Wildman–Crippen MR) is 44.6 cm³/mol. The van der Waals surface area contributed by atoms with Crippen LogP contribution in [0, 0.1) is 5.92 Å². The van der Waals surface area contributed by atoms with E-state index in [4.69, 9.17) is 4.74 Å². The summed E-state index contributed by atoms with van der Waals surface area (Å²) in [7, 11) is 0. The van der Waals surface area contributed by atoms with Crippen molar-refractivity contribution in [3.8, 4) is 0 Å². The summed E-state index contributed by atoms with van der Waals surface area (Å²) in [6, 6.07) is 0. The summed E-state index contributed by atoms with van der Waals surface area (Å²) in [5, 5.41) is 0. The smallest absolute Gasteiger partial charge is 0.0730 e. The molecule has 0 aliphatic carbocycles. The van der Waals surface area contributed by atoms with Crippen LogP contribution in [0.25, 0.3) is 0 Å². The van der Waals surface area contributed by atoms with Gasteiger partial charge in [0.25, 0.3) is 0 Å². The summed E-state index contributed by atoms with van der Waals surface area (Å²) in [5.41, 5.74) is 0. The van der Waals surface area contributed by atoms with E-state index in [1.165, 1.54) is 32.5 Å². The SMILES string of the molecule is CCO[C@@H]1CN2CCC1CC2. The van der Waals surface area contributed by atoms with Crippen LogP contribution in [0.3, 0.4) is 0 Å². The molecule has 0 N–H and O–H groups in total. The molecule has 3 saturated heterocycles. The van der Waals surface area contributed by atoms with Crippen molar-refractivity contribution in [3.05, 3.63) is 0 Å². The minimum absolute atomic E-state index is 0.558. The second-order valence-electron chi connectivity index (χ2n) is 3.63. The quantitative estimate of drug-likeness (QED) is 0.592. The molecule has 0 saturated carbocycles. The number of nitrogens with zero attached hydrogens (tertiary/aromatic N) is 1. The molecule has 3 heterocycles. The average Bonchev–Trinajstić information content (AvgIpc) is 2.07. The van der Waals surface area contributed by atoms with Crippen molar-refractivity contribution in [1.82, 2.24) is 4.90 Å². The van der Waals surface area contributed by atoms with Crippen LogP contribution in [-0.4, -0.2) is 37.2 Å². The highest BCUT2D eigenvalue weighted by atomic mass is 16.5. The Bertz CT molecular complexity index is 130. The minimum Gasteiger partial charge on any atom is -0.377 e. The van der Waals surface area contributed by atoms with Gasteiger partial charge in [0.1, 0.15) is 0 Å². The molecular weight excluding hydrogens is 138 g/mol. The monoisotopic (exact) mass is 155 g/mol. The number of hydrogen-bond donors (Lipinski definition) is 0. The lowest BCUT2D eigenvalue weighted by molar-refractivity contribution is -0.0652. The molecule has 11 heavy (non-hydrogen) atoms. The van der Waals surface area contributed by atoms with Crippen molar-refractivity contribution >= 4 is 0 Å². The molecule has 0 unspecified atom stereocenters. The first-order chi connectivity index (χ1) is 5.40. The van der Waals surface area contributed by atoms with Crippen molar-refractivity contribution in [2.24, 2.45) is 5.92 Å². The van der Waals surface area contributed by atoms with E-state index in [0.29, 0.717) is 6.10 Å². The van der Waals surface area contributed by atoms with Gasteiger partial charge in [-0.1, -0.05) is 0 Å². The summed E-state index contributed by atoms with van der Waals surface area (Å²) in [4.78, 5) is 2.53. The Kier molecular flexibility index (Phi) is 2.14. The van der Waals surface area contributed by atoms with Crippen molar-refractivity contribution in [1.29, 1.82) is 0 Å². The minimum atomic E-state index is 0.558. The maximum Gasteiger partial charge on any atom is 0.0730 e. The van der Waals surface area contributed by atoms with Gasteiger partial charge in [-0.05, 0) is 38.8 Å². The lowest BCUT2D eigenvalue weighted by Gasteiger charge is -2.44. The third-order valence-electron chi connectivity index (χ3n) is 2.98. The molecule has 0 radical (unpaired) electrons. The van der Waals surface area contributed by atoms with Crippen LogP contribution >= 0.6 is 0 Å². The topological polar surface area (TPSA) is 12.5 Å². The number of fused-ring (bicyclic) bond motifs is 3. The molecular formula is C9H17NO. The van der Waals surface area contributed by atoms with Crippen molar-refractivity contribution in [2.75, 3.05) is 26.2 Å². The number of ether oxygens (including phenoxy) is 1. The Morgan fingerprint density at radius 2 is 2.09 bits per heavy atom. The van der Waals surface area contributed by atoms with Crippen LogP contribution < -0.4 is 0 Å². The van der Waals surface area contributed by atoms with Gasteiger partial charge >= 0.3 is 0 Å². The zero-order valence-corrected chi connectivity index (χ0v) is 7.25. The first kappa shape index (κ1) is 7.56. The molecule has 2 bridgehead atoms. The normalized spacial score (nSPS) is 42.8. The highest BCUT2D eigenvalue weighted by Crippen LogP contribution is 2.29. The van der Waals surface area contributed by atoms with Gasteiger partial charge in [-0.15, -0.1) is 0 Å². The molecule has 2 nitrogen and oxygen atoms in total. The molecule has 0 aromatic carbocycles. The van der Waals surface area contributed by atoms with Crippen molar-refractivity contribution in [3.63, 3.8) is 0 Å². The zero-order valence-electron chi connectivity index (χ0n) is 7.25. The summed E-state index contributed by atoms with van der Waals surface area (Å²) >= 11 is 0. The number of rotatable bonds is 2. The Balaban J connectivity index is 1.92. The third-order valence-corrected chi connectivity index (χ3v) is 2.98. The van der Waals surface area contributed by atoms with Crippen LogP contribution in [0.1, 0.15) is 19.8 Å². The molecule has 0 spiro atoms. The molecule has 3 fully saturated rings. The molecule has 3 aliphatic rings. The predicted octanol–water partition coefficient (Wildman–Crippen LogP) is 1.12. The largest absolute Gasteiger partial charge is 0.377 e. The van der Waals surface area contributed by atoms with E-state index in [9.17, 15) is 0 Å². The Morgan fingerprint density at radius 3 is 2.55 bits per heavy atom. The highest BCUT2D eigenvalue weighted by Gasteiger charge is 2.34. The molecule has 3 rings (SSSR count). The fourth-order valence-corrected chi connectivity index (χ4v) is 2.31. The van der Waals surface area contributed by atoms with Gasteiger partial charge in [0, 0.05) is 13.2 Å². The lowest BCUT2D eigenvalue weighted by Crippen LogP contribution is -2.51. The summed E-state index contributed by atoms with van der Waals surface area (Å²) in [6.45, 7) is 6.80. The third kappa shape index (κ3) is 1.42. The van der Waals surface area contributed by atoms with Crippen molar-refractivity contribution in [2.45, 2.75) is 25.9 Å². The maximum atomic E-state index is 5.68. The Hall–Kier alpha value is -0.0800. The van der Waals surface area contributed by atoms with E-state index < -0.39 is 0 Å². The van der Waals surface area contributed by atoms with Crippen LogP contribution in [0.4, 0.5) is 0 Å². The van der Waals surface area contributed by atoms with Gasteiger partial charge in [-0.3, -0.25) is 0 Å². The highest BCUT2D eigenvalue weighted by molar-refractivity contribution is 4.87. The van der Waals surface area contributed by atoms with E-state index in [-0.39, 0.29) is 0 Å². The number of hydrogen-bond acceptors (Lipinski definition) is 2. The van der Waals surface area contributed by atoms with Gasteiger partial charge in [0.2, 0.25) is 0 Å². The molecule has 64 valence electrons. The van der Waals surface area contributed by atoms with E-state index in [0.717, 1.165) is 12.5 Å².